The summed E-state index contributed by atoms with van der Waals surface area (Å²) in [4.78, 5) is 0.298. The fraction of sp³-hybridized carbons (Fsp3) is 0.300. The van der Waals surface area contributed by atoms with Crippen molar-refractivity contribution in [3.05, 3.63) is 64.1 Å². The van der Waals surface area contributed by atoms with Crippen molar-refractivity contribution in [2.24, 2.45) is 5.92 Å². The van der Waals surface area contributed by atoms with E-state index in [-0.39, 0.29) is 16.3 Å². The molecule has 0 saturated heterocycles. The van der Waals surface area contributed by atoms with Crippen molar-refractivity contribution in [2.45, 2.75) is 33.6 Å². The summed E-state index contributed by atoms with van der Waals surface area (Å²) < 4.78 is 29.3. The molecule has 0 saturated carbocycles. The predicted octanol–water partition coefficient (Wildman–Crippen LogP) is 4.34. The highest BCUT2D eigenvalue weighted by Gasteiger charge is 2.20. The number of aryl methyl sites for hydroxylation is 1. The van der Waals surface area contributed by atoms with Crippen LogP contribution in [0.15, 0.2) is 53.0 Å². The van der Waals surface area contributed by atoms with Gasteiger partial charge in [0.2, 0.25) is 0 Å². The zero-order valence-corrected chi connectivity index (χ0v) is 17.2. The molecule has 142 valence electrons. The first kappa shape index (κ1) is 21.0. The maximum absolute atomic E-state index is 12.2. The molecule has 1 aliphatic rings. The Morgan fingerprint density at radius 1 is 1.41 bits per heavy atom. The molecule has 0 aromatic heterocycles. The molecule has 5 nitrogen and oxygen atoms in total. The number of rotatable bonds is 6. The van der Waals surface area contributed by atoms with E-state index in [0.29, 0.717) is 17.9 Å². The Bertz CT molecular complexity index is 967. The largest absolute Gasteiger partial charge is 0.317 e. The number of allylic oxidation sites excluding steroid dienone is 4. The molecule has 1 N–H and O–H groups in total. The Kier molecular flexibility index (Phi) is 7.08. The van der Waals surface area contributed by atoms with E-state index in [0.717, 1.165) is 16.7 Å². The van der Waals surface area contributed by atoms with Gasteiger partial charge in [0.25, 0.3) is 0 Å². The number of hydrogen-bond donors (Lipinski definition) is 1. The molecule has 0 fully saturated rings. The summed E-state index contributed by atoms with van der Waals surface area (Å²) in [6.45, 7) is 5.72. The standard InChI is InChI=1S/C20H22N2O3S2/c1-14-8-10-17(11-9-14)27(23,24)25-22-20(26)12-16(3)19(13-21)18-7-5-4-6-15(18)2/h4-8,10-11,14H,9,12H2,1-3H3,(H,22,26)/b19-16+. The summed E-state index contributed by atoms with van der Waals surface area (Å²) in [6.07, 6.45) is 5.84. The van der Waals surface area contributed by atoms with Crippen LogP contribution in [0.25, 0.3) is 5.57 Å². The fourth-order valence-electron chi connectivity index (χ4n) is 2.65. The number of nitrogens with zero attached hydrogens (tertiary/aromatic N) is 1. The van der Waals surface area contributed by atoms with Gasteiger partial charge in [0.05, 0.1) is 16.5 Å². The topological polar surface area (TPSA) is 79.2 Å². The van der Waals surface area contributed by atoms with Crippen molar-refractivity contribution in [3.8, 4) is 6.07 Å². The predicted molar refractivity (Wildman–Crippen MR) is 111 cm³/mol. The van der Waals surface area contributed by atoms with Crippen LogP contribution in [-0.4, -0.2) is 13.4 Å². The van der Waals surface area contributed by atoms with Crippen molar-refractivity contribution in [1.82, 2.24) is 5.48 Å². The molecular formula is C20H22N2O3S2. The minimum Gasteiger partial charge on any atom is -0.242 e. The number of nitrogens with one attached hydrogen (secondary N) is 1. The molecule has 0 amide bonds. The Labute approximate surface area is 166 Å². The summed E-state index contributed by atoms with van der Waals surface area (Å²) in [7, 11) is -3.93. The highest BCUT2D eigenvalue weighted by molar-refractivity contribution is 7.91. The highest BCUT2D eigenvalue weighted by atomic mass is 32.2. The lowest BCUT2D eigenvalue weighted by Gasteiger charge is -2.14. The van der Waals surface area contributed by atoms with Gasteiger partial charge < -0.3 is 0 Å². The number of thiocarbonyl (C=S) groups is 1. The van der Waals surface area contributed by atoms with E-state index < -0.39 is 10.1 Å². The van der Waals surface area contributed by atoms with Crippen LogP contribution in [0.1, 0.15) is 37.8 Å². The lowest BCUT2D eigenvalue weighted by atomic mass is 9.96. The second-order valence-electron chi connectivity index (χ2n) is 6.50. The van der Waals surface area contributed by atoms with E-state index in [4.69, 9.17) is 16.5 Å². The van der Waals surface area contributed by atoms with Crippen LogP contribution in [0.4, 0.5) is 0 Å². The zero-order chi connectivity index (χ0) is 20.0. The van der Waals surface area contributed by atoms with Gasteiger partial charge in [-0.2, -0.15) is 13.7 Å². The van der Waals surface area contributed by atoms with Crippen molar-refractivity contribution in [2.75, 3.05) is 0 Å². The molecule has 2 rings (SSSR count). The van der Waals surface area contributed by atoms with Gasteiger partial charge in [0.15, 0.2) is 0 Å². The quantitative estimate of drug-likeness (QED) is 0.433. The third-order valence-electron chi connectivity index (χ3n) is 4.21. The van der Waals surface area contributed by atoms with Crippen LogP contribution in [0, 0.1) is 24.2 Å². The van der Waals surface area contributed by atoms with Crippen LogP contribution in [0.5, 0.6) is 0 Å². The molecule has 27 heavy (non-hydrogen) atoms. The molecule has 0 radical (unpaired) electrons. The monoisotopic (exact) mass is 402 g/mol. The highest BCUT2D eigenvalue weighted by Crippen LogP contribution is 2.24. The average molecular weight is 403 g/mol. The minimum atomic E-state index is -3.93. The smallest absolute Gasteiger partial charge is 0.242 e. The number of nitriles is 1. The molecular weight excluding hydrogens is 380 g/mol. The first-order chi connectivity index (χ1) is 12.7. The summed E-state index contributed by atoms with van der Waals surface area (Å²) in [5.74, 6) is 0.302. The van der Waals surface area contributed by atoms with E-state index >= 15 is 0 Å². The zero-order valence-electron chi connectivity index (χ0n) is 15.5. The Balaban J connectivity index is 2.06. The molecule has 1 atom stereocenters. The van der Waals surface area contributed by atoms with Crippen LogP contribution in [0.2, 0.25) is 0 Å². The van der Waals surface area contributed by atoms with Gasteiger partial charge in [-0.15, -0.1) is 4.28 Å². The third kappa shape index (κ3) is 5.60. The van der Waals surface area contributed by atoms with Crippen molar-refractivity contribution in [1.29, 1.82) is 5.26 Å². The van der Waals surface area contributed by atoms with Crippen LogP contribution in [-0.2, 0) is 14.4 Å². The van der Waals surface area contributed by atoms with Gasteiger partial charge >= 0.3 is 10.1 Å². The molecule has 1 unspecified atom stereocenters. The van der Waals surface area contributed by atoms with Crippen molar-refractivity contribution in [3.63, 3.8) is 0 Å². The Hall–Kier alpha value is -2.27. The van der Waals surface area contributed by atoms with Crippen molar-refractivity contribution >= 4 is 32.9 Å². The molecule has 7 heteroatoms. The number of hydrogen-bond acceptors (Lipinski definition) is 5. The normalized spacial score (nSPS) is 17.6. The molecule has 0 spiro atoms. The SMILES string of the molecule is C/C(CC(=S)NOS(=O)(=O)C1=CCC(C)C=C1)=C(/C#N)c1ccccc1C. The van der Waals surface area contributed by atoms with Gasteiger partial charge in [-0.25, -0.2) is 5.48 Å². The number of benzene rings is 1. The second-order valence-corrected chi connectivity index (χ2v) is 8.54. The van der Waals surface area contributed by atoms with Gasteiger partial charge in [0.1, 0.15) is 4.99 Å². The van der Waals surface area contributed by atoms with E-state index in [9.17, 15) is 13.7 Å². The van der Waals surface area contributed by atoms with Crippen molar-refractivity contribution < 1.29 is 12.7 Å². The van der Waals surface area contributed by atoms with Gasteiger partial charge in [0, 0.05) is 6.42 Å². The Morgan fingerprint density at radius 3 is 2.70 bits per heavy atom. The van der Waals surface area contributed by atoms with E-state index in [1.807, 2.05) is 44.2 Å². The summed E-state index contributed by atoms with van der Waals surface area (Å²) in [5, 5.41) is 9.52. The van der Waals surface area contributed by atoms with Gasteiger partial charge in [-0.3, -0.25) is 0 Å². The second kappa shape index (κ2) is 9.09. The maximum atomic E-state index is 12.2. The first-order valence-electron chi connectivity index (χ1n) is 8.51. The molecule has 0 bridgehead atoms. The van der Waals surface area contributed by atoms with Gasteiger partial charge in [-0.05, 0) is 49.0 Å². The first-order valence-corrected chi connectivity index (χ1v) is 10.3. The minimum absolute atomic E-state index is 0.112. The molecule has 0 heterocycles. The van der Waals surface area contributed by atoms with Gasteiger partial charge in [-0.1, -0.05) is 55.6 Å². The van der Waals surface area contributed by atoms with Crippen LogP contribution >= 0.6 is 12.2 Å². The van der Waals surface area contributed by atoms with Crippen LogP contribution in [0.3, 0.4) is 0 Å². The Morgan fingerprint density at radius 2 is 2.11 bits per heavy atom. The molecule has 0 aliphatic heterocycles. The van der Waals surface area contributed by atoms with Crippen LogP contribution < -0.4 is 5.48 Å². The molecule has 1 aliphatic carbocycles. The van der Waals surface area contributed by atoms with E-state index in [1.54, 1.807) is 13.0 Å². The third-order valence-corrected chi connectivity index (χ3v) is 5.62. The average Bonchev–Trinajstić information content (AvgIpc) is 2.63. The molecule has 1 aromatic carbocycles. The van der Waals surface area contributed by atoms with E-state index in [1.165, 1.54) is 6.08 Å². The fourth-order valence-corrected chi connectivity index (χ4v) is 3.81. The maximum Gasteiger partial charge on any atom is 0.317 e. The van der Waals surface area contributed by atoms with E-state index in [2.05, 4.69) is 11.5 Å². The summed E-state index contributed by atoms with van der Waals surface area (Å²) in [5.41, 5.74) is 5.40. The lowest BCUT2D eigenvalue weighted by Crippen LogP contribution is -2.26. The lowest BCUT2D eigenvalue weighted by molar-refractivity contribution is 0.272. The number of hydroxylamine groups is 1. The molecule has 1 aromatic rings. The summed E-state index contributed by atoms with van der Waals surface area (Å²) in [6, 6.07) is 9.78. The summed E-state index contributed by atoms with van der Waals surface area (Å²) >= 11 is 5.19.